The highest BCUT2D eigenvalue weighted by atomic mass is 35.5. The number of aryl methyl sites for hydroxylation is 1. The van der Waals surface area contributed by atoms with Crippen molar-refractivity contribution in [3.8, 4) is 11.3 Å². The summed E-state index contributed by atoms with van der Waals surface area (Å²) < 4.78 is 83.1. The molecular weight excluding hydrogens is 460 g/mol. The van der Waals surface area contributed by atoms with Crippen LogP contribution in [0.3, 0.4) is 0 Å². The summed E-state index contributed by atoms with van der Waals surface area (Å²) in [4.78, 5) is 12.0. The SMILES string of the molecule is Cc1ccc(-c2ccc(/C=C/C(=O)Nc3cc(C(F)(F)F)cc(C(F)(F)F)c3)o2)cc1Cl. The Labute approximate surface area is 183 Å². The van der Waals surface area contributed by atoms with E-state index >= 15 is 0 Å². The van der Waals surface area contributed by atoms with E-state index in [1.165, 1.54) is 6.08 Å². The van der Waals surface area contributed by atoms with Crippen LogP contribution in [0.15, 0.2) is 59.0 Å². The largest absolute Gasteiger partial charge is 0.457 e. The highest BCUT2D eigenvalue weighted by Gasteiger charge is 2.37. The molecule has 0 aliphatic rings. The number of amides is 1. The second-order valence-electron chi connectivity index (χ2n) is 6.78. The van der Waals surface area contributed by atoms with Crippen molar-refractivity contribution in [2.75, 3.05) is 5.32 Å². The normalized spacial score (nSPS) is 12.4. The zero-order chi connectivity index (χ0) is 23.7. The van der Waals surface area contributed by atoms with Gasteiger partial charge in [0.25, 0.3) is 0 Å². The lowest BCUT2D eigenvalue weighted by molar-refractivity contribution is -0.143. The monoisotopic (exact) mass is 473 g/mol. The van der Waals surface area contributed by atoms with Gasteiger partial charge in [-0.3, -0.25) is 4.79 Å². The first-order valence-electron chi connectivity index (χ1n) is 8.98. The standard InChI is InChI=1S/C22H14ClF6NO2/c1-12-2-3-13(8-18(12)23)19-6-4-17(32-19)5-7-20(31)30-16-10-14(21(24,25)26)9-15(11-16)22(27,28)29/h2-11H,1H3,(H,30,31)/b7-5+. The first kappa shape index (κ1) is 23.5. The van der Waals surface area contributed by atoms with Crippen LogP contribution in [0.4, 0.5) is 32.0 Å². The molecule has 10 heteroatoms. The fraction of sp³-hybridized carbons (Fsp3) is 0.136. The molecule has 0 aliphatic heterocycles. The number of halogens is 7. The van der Waals surface area contributed by atoms with Crippen LogP contribution in [0.1, 0.15) is 22.5 Å². The first-order valence-corrected chi connectivity index (χ1v) is 9.35. The van der Waals surface area contributed by atoms with Gasteiger partial charge in [-0.2, -0.15) is 26.3 Å². The molecule has 0 fully saturated rings. The summed E-state index contributed by atoms with van der Waals surface area (Å²) in [5, 5.41) is 2.54. The molecule has 1 amide bonds. The van der Waals surface area contributed by atoms with Crippen molar-refractivity contribution in [2.24, 2.45) is 0 Å². The summed E-state index contributed by atoms with van der Waals surface area (Å²) in [5.74, 6) is -0.236. The van der Waals surface area contributed by atoms with Gasteiger partial charge in [-0.1, -0.05) is 23.7 Å². The van der Waals surface area contributed by atoms with Gasteiger partial charge >= 0.3 is 12.4 Å². The number of carbonyl (C=O) groups excluding carboxylic acids is 1. The molecule has 1 heterocycles. The Morgan fingerprint density at radius 3 is 2.12 bits per heavy atom. The van der Waals surface area contributed by atoms with Crippen LogP contribution in [0.5, 0.6) is 0 Å². The maximum Gasteiger partial charge on any atom is 0.416 e. The third-order valence-electron chi connectivity index (χ3n) is 4.34. The summed E-state index contributed by atoms with van der Waals surface area (Å²) in [5.41, 5.74) is -2.13. The molecule has 3 rings (SSSR count). The zero-order valence-corrected chi connectivity index (χ0v) is 17.0. The number of rotatable bonds is 4. The molecule has 3 aromatic rings. The quantitative estimate of drug-likeness (QED) is 0.313. The van der Waals surface area contributed by atoms with Gasteiger partial charge in [-0.05, 0) is 55.0 Å². The molecule has 2 aromatic carbocycles. The Kier molecular flexibility index (Phi) is 6.41. The number of hydrogen-bond acceptors (Lipinski definition) is 2. The topological polar surface area (TPSA) is 42.2 Å². The highest BCUT2D eigenvalue weighted by Crippen LogP contribution is 2.37. The summed E-state index contributed by atoms with van der Waals surface area (Å²) in [7, 11) is 0. The van der Waals surface area contributed by atoms with Crippen molar-refractivity contribution in [1.82, 2.24) is 0 Å². The molecule has 168 valence electrons. The van der Waals surface area contributed by atoms with Gasteiger partial charge in [-0.15, -0.1) is 0 Å². The molecule has 0 aliphatic carbocycles. The van der Waals surface area contributed by atoms with E-state index in [2.05, 4.69) is 0 Å². The van der Waals surface area contributed by atoms with Gasteiger partial charge < -0.3 is 9.73 Å². The lowest BCUT2D eigenvalue weighted by atomic mass is 10.1. The van der Waals surface area contributed by atoms with Crippen LogP contribution < -0.4 is 5.32 Å². The molecule has 1 N–H and O–H groups in total. The number of carbonyl (C=O) groups is 1. The Bertz CT molecular complexity index is 1150. The Balaban J connectivity index is 1.77. The minimum Gasteiger partial charge on any atom is -0.457 e. The van der Waals surface area contributed by atoms with Crippen LogP contribution in [-0.4, -0.2) is 5.91 Å². The van der Waals surface area contributed by atoms with Crippen LogP contribution in [0.2, 0.25) is 5.02 Å². The van der Waals surface area contributed by atoms with E-state index in [0.29, 0.717) is 28.5 Å². The van der Waals surface area contributed by atoms with Crippen LogP contribution in [-0.2, 0) is 17.1 Å². The second-order valence-corrected chi connectivity index (χ2v) is 7.19. The minimum absolute atomic E-state index is 0.0206. The maximum absolute atomic E-state index is 12.9. The predicted octanol–water partition coefficient (Wildman–Crippen LogP) is 7.60. The third kappa shape index (κ3) is 5.73. The van der Waals surface area contributed by atoms with Crippen molar-refractivity contribution < 1.29 is 35.6 Å². The summed E-state index contributed by atoms with van der Waals surface area (Å²) in [6, 6.07) is 9.27. The van der Waals surface area contributed by atoms with Crippen LogP contribution >= 0.6 is 11.6 Å². The molecule has 0 saturated heterocycles. The molecule has 0 spiro atoms. The van der Waals surface area contributed by atoms with Crippen LogP contribution in [0.25, 0.3) is 17.4 Å². The summed E-state index contributed by atoms with van der Waals surface area (Å²) in [6.07, 6.45) is -7.87. The van der Waals surface area contributed by atoms with E-state index in [4.69, 9.17) is 16.0 Å². The van der Waals surface area contributed by atoms with Gasteiger partial charge in [0.2, 0.25) is 5.91 Å². The molecule has 3 nitrogen and oxygen atoms in total. The molecule has 32 heavy (non-hydrogen) atoms. The fourth-order valence-electron chi connectivity index (χ4n) is 2.71. The summed E-state index contributed by atoms with van der Waals surface area (Å²) in [6.45, 7) is 1.84. The van der Waals surface area contributed by atoms with E-state index in [-0.39, 0.29) is 11.8 Å². The van der Waals surface area contributed by atoms with Crippen molar-refractivity contribution >= 4 is 29.3 Å². The van der Waals surface area contributed by atoms with Crippen molar-refractivity contribution in [3.63, 3.8) is 0 Å². The van der Waals surface area contributed by atoms with Gasteiger partial charge in [0.15, 0.2) is 0 Å². The van der Waals surface area contributed by atoms with Crippen molar-refractivity contribution in [2.45, 2.75) is 19.3 Å². The van der Waals surface area contributed by atoms with Crippen LogP contribution in [0, 0.1) is 6.92 Å². The maximum atomic E-state index is 12.9. The van der Waals surface area contributed by atoms with Gasteiger partial charge in [0.1, 0.15) is 11.5 Å². The smallest absolute Gasteiger partial charge is 0.416 e. The average molecular weight is 474 g/mol. The van der Waals surface area contributed by atoms with Crippen molar-refractivity contribution in [1.29, 1.82) is 0 Å². The Hall–Kier alpha value is -3.20. The Morgan fingerprint density at radius 2 is 1.56 bits per heavy atom. The molecule has 0 bridgehead atoms. The number of alkyl halides is 6. The number of anilines is 1. The number of furan rings is 1. The lowest BCUT2D eigenvalue weighted by Crippen LogP contribution is -2.14. The predicted molar refractivity (Wildman–Crippen MR) is 108 cm³/mol. The molecule has 1 aromatic heterocycles. The van der Waals surface area contributed by atoms with E-state index in [1.54, 1.807) is 30.3 Å². The number of hydrogen-bond donors (Lipinski definition) is 1. The molecule has 0 unspecified atom stereocenters. The van der Waals surface area contributed by atoms with Gasteiger partial charge in [0, 0.05) is 22.3 Å². The van der Waals surface area contributed by atoms with E-state index in [0.717, 1.165) is 11.6 Å². The summed E-state index contributed by atoms with van der Waals surface area (Å²) >= 11 is 6.08. The van der Waals surface area contributed by atoms with E-state index in [9.17, 15) is 31.1 Å². The van der Waals surface area contributed by atoms with E-state index in [1.807, 2.05) is 12.2 Å². The zero-order valence-electron chi connectivity index (χ0n) is 16.2. The lowest BCUT2D eigenvalue weighted by Gasteiger charge is -2.14. The number of nitrogens with one attached hydrogen (secondary N) is 1. The third-order valence-corrected chi connectivity index (χ3v) is 4.74. The first-order chi connectivity index (χ1) is 14.8. The van der Waals surface area contributed by atoms with E-state index < -0.39 is 35.1 Å². The Morgan fingerprint density at radius 1 is 0.938 bits per heavy atom. The molecule has 0 saturated carbocycles. The van der Waals surface area contributed by atoms with Gasteiger partial charge in [-0.25, -0.2) is 0 Å². The minimum atomic E-state index is -5.01. The molecular formula is C22H14ClF6NO2. The second kappa shape index (κ2) is 8.74. The van der Waals surface area contributed by atoms with Gasteiger partial charge in [0.05, 0.1) is 11.1 Å². The van der Waals surface area contributed by atoms with Crippen molar-refractivity contribution in [3.05, 3.63) is 82.1 Å². The number of benzene rings is 2. The molecule has 0 atom stereocenters. The fourth-order valence-corrected chi connectivity index (χ4v) is 2.89. The highest BCUT2D eigenvalue weighted by molar-refractivity contribution is 6.31. The molecule has 0 radical (unpaired) electrons. The average Bonchev–Trinajstić information content (AvgIpc) is 3.16.